The molecule has 5 nitrogen and oxygen atoms in total. The third kappa shape index (κ3) is 5.82. The number of carbonyl (C=O) groups excluding carboxylic acids is 1. The fourth-order valence-corrected chi connectivity index (χ4v) is 4.23. The van der Waals surface area contributed by atoms with Crippen molar-refractivity contribution in [2.45, 2.75) is 39.3 Å². The van der Waals surface area contributed by atoms with E-state index in [4.69, 9.17) is 9.72 Å². The van der Waals surface area contributed by atoms with Gasteiger partial charge < -0.3 is 14.6 Å². The molecular formula is C27H28BrN3O2. The normalized spacial score (nSPS) is 12.0. The van der Waals surface area contributed by atoms with E-state index in [1.54, 1.807) is 0 Å². The SMILES string of the molecule is Cc1ccc(OCCCCn2c(C(C)NC(=O)c3cccc(Br)c3)nc3ccccc32)cc1. The van der Waals surface area contributed by atoms with E-state index in [-0.39, 0.29) is 11.9 Å². The van der Waals surface area contributed by atoms with E-state index in [9.17, 15) is 4.79 Å². The third-order valence-electron chi connectivity index (χ3n) is 5.57. The number of nitrogens with zero attached hydrogens (tertiary/aromatic N) is 2. The molecule has 3 aromatic carbocycles. The summed E-state index contributed by atoms with van der Waals surface area (Å²) in [7, 11) is 0. The largest absolute Gasteiger partial charge is 0.494 e. The van der Waals surface area contributed by atoms with Crippen LogP contribution in [0, 0.1) is 6.92 Å². The minimum absolute atomic E-state index is 0.117. The zero-order chi connectivity index (χ0) is 23.2. The number of para-hydroxylation sites is 2. The molecule has 0 radical (unpaired) electrons. The predicted octanol–water partition coefficient (Wildman–Crippen LogP) is 6.46. The number of aryl methyl sites for hydroxylation is 2. The van der Waals surface area contributed by atoms with Crippen molar-refractivity contribution < 1.29 is 9.53 Å². The van der Waals surface area contributed by atoms with Crippen LogP contribution in [0.15, 0.2) is 77.3 Å². The van der Waals surface area contributed by atoms with Crippen LogP contribution in [-0.4, -0.2) is 22.1 Å². The Morgan fingerprint density at radius 1 is 1.06 bits per heavy atom. The molecule has 0 aliphatic heterocycles. The third-order valence-corrected chi connectivity index (χ3v) is 6.06. The maximum atomic E-state index is 12.8. The number of fused-ring (bicyclic) bond motifs is 1. The van der Waals surface area contributed by atoms with Gasteiger partial charge in [0.2, 0.25) is 0 Å². The molecule has 1 amide bonds. The first-order valence-corrected chi connectivity index (χ1v) is 12.0. The molecule has 1 unspecified atom stereocenters. The van der Waals surface area contributed by atoms with Crippen molar-refractivity contribution in [3.05, 3.63) is 94.2 Å². The zero-order valence-corrected chi connectivity index (χ0v) is 20.5. The van der Waals surface area contributed by atoms with Gasteiger partial charge in [-0.2, -0.15) is 0 Å². The van der Waals surface area contributed by atoms with Gasteiger partial charge in [-0.1, -0.05) is 51.8 Å². The number of rotatable bonds is 9. The van der Waals surface area contributed by atoms with E-state index >= 15 is 0 Å². The summed E-state index contributed by atoms with van der Waals surface area (Å²) in [4.78, 5) is 17.6. The Kier molecular flexibility index (Phi) is 7.45. The Balaban J connectivity index is 1.42. The second-order valence-corrected chi connectivity index (χ2v) is 9.10. The van der Waals surface area contributed by atoms with Gasteiger partial charge in [0.05, 0.1) is 23.7 Å². The molecule has 1 atom stereocenters. The average molecular weight is 506 g/mol. The van der Waals surface area contributed by atoms with E-state index in [1.165, 1.54) is 5.56 Å². The second-order valence-electron chi connectivity index (χ2n) is 8.18. The first-order chi connectivity index (χ1) is 16.0. The fraction of sp³-hybridized carbons (Fsp3) is 0.259. The molecule has 170 valence electrons. The van der Waals surface area contributed by atoms with E-state index in [2.05, 4.69) is 50.9 Å². The number of aromatic nitrogens is 2. The number of unbranched alkanes of at least 4 members (excludes halogenated alkanes) is 1. The highest BCUT2D eigenvalue weighted by atomic mass is 79.9. The molecule has 0 saturated carbocycles. The molecule has 1 N–H and O–H groups in total. The summed E-state index contributed by atoms with van der Waals surface area (Å²) >= 11 is 3.43. The number of nitrogens with one attached hydrogen (secondary N) is 1. The smallest absolute Gasteiger partial charge is 0.251 e. The van der Waals surface area contributed by atoms with Gasteiger partial charge >= 0.3 is 0 Å². The van der Waals surface area contributed by atoms with Crippen LogP contribution in [0.1, 0.15) is 47.6 Å². The Hall–Kier alpha value is -3.12. The molecule has 4 rings (SSSR count). The topological polar surface area (TPSA) is 56.1 Å². The lowest BCUT2D eigenvalue weighted by atomic mass is 10.2. The number of carbonyl (C=O) groups is 1. The van der Waals surface area contributed by atoms with Crippen LogP contribution in [0.25, 0.3) is 11.0 Å². The number of hydrogen-bond donors (Lipinski definition) is 1. The summed E-state index contributed by atoms with van der Waals surface area (Å²) in [5.74, 6) is 1.64. The van der Waals surface area contributed by atoms with Gasteiger partial charge in [-0.05, 0) is 69.2 Å². The number of ether oxygens (including phenoxy) is 1. The van der Waals surface area contributed by atoms with Crippen molar-refractivity contribution in [1.82, 2.24) is 14.9 Å². The van der Waals surface area contributed by atoms with Gasteiger partial charge in [-0.25, -0.2) is 4.98 Å². The molecular weight excluding hydrogens is 478 g/mol. The highest BCUT2D eigenvalue weighted by Gasteiger charge is 2.19. The van der Waals surface area contributed by atoms with Gasteiger partial charge in [0.1, 0.15) is 11.6 Å². The van der Waals surface area contributed by atoms with Crippen molar-refractivity contribution >= 4 is 32.9 Å². The molecule has 1 aromatic heterocycles. The number of imidazole rings is 1. The first-order valence-electron chi connectivity index (χ1n) is 11.2. The second kappa shape index (κ2) is 10.7. The van der Waals surface area contributed by atoms with E-state index in [1.807, 2.05) is 61.5 Å². The van der Waals surface area contributed by atoms with Crippen LogP contribution in [0.3, 0.4) is 0 Å². The summed E-state index contributed by atoms with van der Waals surface area (Å²) < 4.78 is 8.96. The van der Waals surface area contributed by atoms with Gasteiger partial charge in [-0.15, -0.1) is 0 Å². The van der Waals surface area contributed by atoms with E-state index < -0.39 is 0 Å². The number of hydrogen-bond acceptors (Lipinski definition) is 3. The van der Waals surface area contributed by atoms with Gasteiger partial charge in [0, 0.05) is 16.6 Å². The number of halogens is 1. The standard InChI is InChI=1S/C27H28BrN3O2/c1-19-12-14-23(15-13-19)33-17-6-5-16-31-25-11-4-3-10-24(25)30-26(31)20(2)29-27(32)21-8-7-9-22(28)18-21/h3-4,7-15,18,20H,5-6,16-17H2,1-2H3,(H,29,32). The Labute approximate surface area is 202 Å². The monoisotopic (exact) mass is 505 g/mol. The van der Waals surface area contributed by atoms with Crippen LogP contribution in [0.5, 0.6) is 5.75 Å². The Morgan fingerprint density at radius 3 is 2.64 bits per heavy atom. The van der Waals surface area contributed by atoms with E-state index in [0.29, 0.717) is 12.2 Å². The predicted molar refractivity (Wildman–Crippen MR) is 136 cm³/mol. The van der Waals surface area contributed by atoms with Gasteiger partial charge in [0.15, 0.2) is 0 Å². The molecule has 0 fully saturated rings. The van der Waals surface area contributed by atoms with Crippen molar-refractivity contribution in [3.8, 4) is 5.75 Å². The average Bonchev–Trinajstić information content (AvgIpc) is 3.19. The lowest BCUT2D eigenvalue weighted by molar-refractivity contribution is 0.0937. The van der Waals surface area contributed by atoms with Crippen LogP contribution >= 0.6 is 15.9 Å². The summed E-state index contributed by atoms with van der Waals surface area (Å²) in [6, 6.07) is 23.4. The lowest BCUT2D eigenvalue weighted by Gasteiger charge is -2.17. The van der Waals surface area contributed by atoms with Crippen LogP contribution in [-0.2, 0) is 6.54 Å². The minimum atomic E-state index is -0.229. The molecule has 1 heterocycles. The highest BCUT2D eigenvalue weighted by Crippen LogP contribution is 2.22. The molecule has 0 aliphatic rings. The first kappa shape index (κ1) is 23.1. The quantitative estimate of drug-likeness (QED) is 0.265. The summed E-state index contributed by atoms with van der Waals surface area (Å²) in [6.45, 7) is 5.53. The molecule has 0 bridgehead atoms. The maximum Gasteiger partial charge on any atom is 0.251 e. The van der Waals surface area contributed by atoms with Gasteiger partial charge in [-0.3, -0.25) is 4.79 Å². The van der Waals surface area contributed by atoms with Crippen molar-refractivity contribution in [1.29, 1.82) is 0 Å². The summed E-state index contributed by atoms with van der Waals surface area (Å²) in [5, 5.41) is 3.10. The molecule has 0 spiro atoms. The fourth-order valence-electron chi connectivity index (χ4n) is 3.83. The summed E-state index contributed by atoms with van der Waals surface area (Å²) in [5.41, 5.74) is 3.86. The van der Waals surface area contributed by atoms with Crippen molar-refractivity contribution in [2.75, 3.05) is 6.61 Å². The minimum Gasteiger partial charge on any atom is -0.494 e. The Morgan fingerprint density at radius 2 is 1.85 bits per heavy atom. The molecule has 0 saturated heterocycles. The Bertz CT molecular complexity index is 1230. The van der Waals surface area contributed by atoms with Crippen molar-refractivity contribution in [3.63, 3.8) is 0 Å². The lowest BCUT2D eigenvalue weighted by Crippen LogP contribution is -2.28. The zero-order valence-electron chi connectivity index (χ0n) is 18.9. The van der Waals surface area contributed by atoms with Gasteiger partial charge in [0.25, 0.3) is 5.91 Å². The van der Waals surface area contributed by atoms with Crippen LogP contribution in [0.2, 0.25) is 0 Å². The molecule has 33 heavy (non-hydrogen) atoms. The van der Waals surface area contributed by atoms with Crippen LogP contribution < -0.4 is 10.1 Å². The molecule has 6 heteroatoms. The summed E-state index contributed by atoms with van der Waals surface area (Å²) in [6.07, 6.45) is 1.88. The molecule has 0 aliphatic carbocycles. The van der Waals surface area contributed by atoms with Crippen LogP contribution in [0.4, 0.5) is 0 Å². The molecule has 4 aromatic rings. The maximum absolute atomic E-state index is 12.8. The number of benzene rings is 3. The van der Waals surface area contributed by atoms with Crippen molar-refractivity contribution in [2.24, 2.45) is 0 Å². The highest BCUT2D eigenvalue weighted by molar-refractivity contribution is 9.10. The van der Waals surface area contributed by atoms with E-state index in [0.717, 1.165) is 46.5 Å². The number of amides is 1.